The highest BCUT2D eigenvalue weighted by atomic mass is 16.4. The van der Waals surface area contributed by atoms with Gasteiger partial charge in [0.2, 0.25) is 0 Å². The molecule has 3 heteroatoms. The van der Waals surface area contributed by atoms with Crippen molar-refractivity contribution in [2.75, 3.05) is 0 Å². The quantitative estimate of drug-likeness (QED) is 0.845. The summed E-state index contributed by atoms with van der Waals surface area (Å²) in [5.41, 5.74) is 4.15. The molecule has 3 nitrogen and oxygen atoms in total. The highest BCUT2D eigenvalue weighted by Crippen LogP contribution is 2.26. The van der Waals surface area contributed by atoms with Gasteiger partial charge in [-0.1, -0.05) is 19.1 Å². The Hall–Kier alpha value is -1.35. The van der Waals surface area contributed by atoms with Crippen molar-refractivity contribution >= 4 is 5.97 Å². The van der Waals surface area contributed by atoms with Gasteiger partial charge in [-0.05, 0) is 49.4 Å². The highest BCUT2D eigenvalue weighted by molar-refractivity contribution is 5.69. The molecule has 0 amide bonds. The molecular formula is C14H20O3. The van der Waals surface area contributed by atoms with Crippen LogP contribution in [0, 0.1) is 26.7 Å². The Labute approximate surface area is 102 Å². The second kappa shape index (κ2) is 5.32. The third kappa shape index (κ3) is 3.30. The van der Waals surface area contributed by atoms with Crippen LogP contribution in [0.1, 0.15) is 41.7 Å². The Morgan fingerprint density at radius 1 is 1.18 bits per heavy atom. The molecule has 0 aliphatic rings. The van der Waals surface area contributed by atoms with E-state index in [2.05, 4.69) is 0 Å². The Kier molecular flexibility index (Phi) is 4.29. The Morgan fingerprint density at radius 2 is 1.71 bits per heavy atom. The normalized spacial score (nSPS) is 14.4. The molecule has 0 aliphatic heterocycles. The molecule has 1 aromatic rings. The summed E-state index contributed by atoms with van der Waals surface area (Å²) in [7, 11) is 0. The van der Waals surface area contributed by atoms with Gasteiger partial charge in [-0.25, -0.2) is 0 Å². The SMILES string of the molecule is Cc1cc(C)c(C(O)CC(C)C(=O)O)cc1C. The minimum Gasteiger partial charge on any atom is -0.481 e. The van der Waals surface area contributed by atoms with E-state index in [1.807, 2.05) is 32.9 Å². The molecule has 2 atom stereocenters. The molecule has 17 heavy (non-hydrogen) atoms. The zero-order valence-electron chi connectivity index (χ0n) is 10.8. The van der Waals surface area contributed by atoms with Gasteiger partial charge in [-0.15, -0.1) is 0 Å². The van der Waals surface area contributed by atoms with Crippen LogP contribution in [-0.2, 0) is 4.79 Å². The lowest BCUT2D eigenvalue weighted by Gasteiger charge is -2.17. The third-order valence-corrected chi connectivity index (χ3v) is 3.24. The molecule has 0 bridgehead atoms. The van der Waals surface area contributed by atoms with Crippen LogP contribution in [0.15, 0.2) is 12.1 Å². The zero-order chi connectivity index (χ0) is 13.2. The van der Waals surface area contributed by atoms with E-state index in [9.17, 15) is 9.90 Å². The first kappa shape index (κ1) is 13.7. The van der Waals surface area contributed by atoms with Gasteiger partial charge in [0, 0.05) is 0 Å². The van der Waals surface area contributed by atoms with Gasteiger partial charge in [-0.3, -0.25) is 4.79 Å². The molecule has 0 saturated heterocycles. The van der Waals surface area contributed by atoms with Crippen LogP contribution in [0.5, 0.6) is 0 Å². The number of aliphatic hydroxyl groups excluding tert-OH is 1. The summed E-state index contributed by atoms with van der Waals surface area (Å²) >= 11 is 0. The topological polar surface area (TPSA) is 57.5 Å². The van der Waals surface area contributed by atoms with Crippen molar-refractivity contribution in [1.29, 1.82) is 0 Å². The molecule has 1 rings (SSSR count). The fourth-order valence-corrected chi connectivity index (χ4v) is 1.90. The summed E-state index contributed by atoms with van der Waals surface area (Å²) in [5.74, 6) is -1.41. The maximum atomic E-state index is 10.8. The van der Waals surface area contributed by atoms with Gasteiger partial charge in [-0.2, -0.15) is 0 Å². The fourth-order valence-electron chi connectivity index (χ4n) is 1.90. The fraction of sp³-hybridized carbons (Fsp3) is 0.500. The predicted molar refractivity (Wildman–Crippen MR) is 67.0 cm³/mol. The van der Waals surface area contributed by atoms with Crippen LogP contribution in [0.2, 0.25) is 0 Å². The number of hydrogen-bond donors (Lipinski definition) is 2. The van der Waals surface area contributed by atoms with Gasteiger partial charge < -0.3 is 10.2 Å². The van der Waals surface area contributed by atoms with E-state index in [0.29, 0.717) is 0 Å². The van der Waals surface area contributed by atoms with Crippen LogP contribution < -0.4 is 0 Å². The number of hydrogen-bond acceptors (Lipinski definition) is 2. The maximum Gasteiger partial charge on any atom is 0.306 e. The van der Waals surface area contributed by atoms with Crippen molar-refractivity contribution in [3.8, 4) is 0 Å². The molecule has 2 unspecified atom stereocenters. The van der Waals surface area contributed by atoms with Crippen molar-refractivity contribution in [1.82, 2.24) is 0 Å². The molecule has 0 radical (unpaired) electrons. The highest BCUT2D eigenvalue weighted by Gasteiger charge is 2.19. The number of carboxylic acids is 1. The first-order chi connectivity index (χ1) is 7.82. The molecular weight excluding hydrogens is 216 g/mol. The number of aliphatic carboxylic acids is 1. The van der Waals surface area contributed by atoms with E-state index in [0.717, 1.165) is 16.7 Å². The van der Waals surface area contributed by atoms with E-state index >= 15 is 0 Å². The number of carbonyl (C=O) groups is 1. The average Bonchev–Trinajstić information content (AvgIpc) is 2.22. The molecule has 0 aromatic heterocycles. The summed E-state index contributed by atoms with van der Waals surface area (Å²) in [6.07, 6.45) is -0.459. The number of aryl methyl sites for hydroxylation is 3. The molecule has 0 spiro atoms. The van der Waals surface area contributed by atoms with Gasteiger partial charge in [0.05, 0.1) is 12.0 Å². The Bertz CT molecular complexity index is 424. The summed E-state index contributed by atoms with van der Waals surface area (Å²) in [4.78, 5) is 10.8. The lowest BCUT2D eigenvalue weighted by molar-refractivity contribution is -0.142. The lowest BCUT2D eigenvalue weighted by atomic mass is 9.92. The Morgan fingerprint density at radius 3 is 2.24 bits per heavy atom. The second-order valence-corrected chi connectivity index (χ2v) is 4.78. The predicted octanol–water partition coefficient (Wildman–Crippen LogP) is 2.76. The van der Waals surface area contributed by atoms with Gasteiger partial charge >= 0.3 is 5.97 Å². The van der Waals surface area contributed by atoms with E-state index in [1.54, 1.807) is 6.92 Å². The molecule has 0 aliphatic carbocycles. The molecule has 1 aromatic carbocycles. The smallest absolute Gasteiger partial charge is 0.306 e. The minimum absolute atomic E-state index is 0.249. The van der Waals surface area contributed by atoms with Gasteiger partial charge in [0.25, 0.3) is 0 Å². The second-order valence-electron chi connectivity index (χ2n) is 4.78. The van der Waals surface area contributed by atoms with Gasteiger partial charge in [0.1, 0.15) is 0 Å². The van der Waals surface area contributed by atoms with E-state index < -0.39 is 18.0 Å². The summed E-state index contributed by atoms with van der Waals surface area (Å²) in [6, 6.07) is 3.98. The molecule has 0 heterocycles. The summed E-state index contributed by atoms with van der Waals surface area (Å²) < 4.78 is 0. The number of rotatable bonds is 4. The Balaban J connectivity index is 2.92. The zero-order valence-corrected chi connectivity index (χ0v) is 10.8. The summed E-state index contributed by atoms with van der Waals surface area (Å²) in [6.45, 7) is 7.57. The van der Waals surface area contributed by atoms with Gasteiger partial charge in [0.15, 0.2) is 0 Å². The lowest BCUT2D eigenvalue weighted by Crippen LogP contribution is -2.14. The van der Waals surface area contributed by atoms with Crippen LogP contribution in [-0.4, -0.2) is 16.2 Å². The summed E-state index contributed by atoms with van der Waals surface area (Å²) in [5, 5.41) is 18.9. The van der Waals surface area contributed by atoms with Crippen molar-refractivity contribution in [2.45, 2.75) is 40.2 Å². The first-order valence-corrected chi connectivity index (χ1v) is 5.81. The minimum atomic E-state index is -0.870. The van der Waals surface area contributed by atoms with E-state index in [4.69, 9.17) is 5.11 Å². The molecule has 0 fully saturated rings. The van der Waals surface area contributed by atoms with Crippen molar-refractivity contribution in [3.63, 3.8) is 0 Å². The van der Waals surface area contributed by atoms with Crippen molar-refractivity contribution in [3.05, 3.63) is 34.4 Å². The standard InChI is InChI=1S/C14H20O3/c1-8-5-10(3)12(6-9(8)2)13(15)7-11(4)14(16)17/h5-6,11,13,15H,7H2,1-4H3,(H,16,17). The van der Waals surface area contributed by atoms with Crippen molar-refractivity contribution in [2.24, 2.45) is 5.92 Å². The van der Waals surface area contributed by atoms with E-state index in [-0.39, 0.29) is 6.42 Å². The largest absolute Gasteiger partial charge is 0.481 e. The number of benzene rings is 1. The van der Waals surface area contributed by atoms with Crippen molar-refractivity contribution < 1.29 is 15.0 Å². The molecule has 0 saturated carbocycles. The maximum absolute atomic E-state index is 10.8. The first-order valence-electron chi connectivity index (χ1n) is 5.81. The number of aliphatic hydroxyl groups is 1. The third-order valence-electron chi connectivity index (χ3n) is 3.24. The monoisotopic (exact) mass is 236 g/mol. The van der Waals surface area contributed by atoms with Crippen LogP contribution in [0.25, 0.3) is 0 Å². The molecule has 94 valence electrons. The average molecular weight is 236 g/mol. The van der Waals surface area contributed by atoms with Crippen LogP contribution in [0.3, 0.4) is 0 Å². The van der Waals surface area contributed by atoms with Crippen LogP contribution >= 0.6 is 0 Å². The molecule has 2 N–H and O–H groups in total. The van der Waals surface area contributed by atoms with Crippen LogP contribution in [0.4, 0.5) is 0 Å². The van der Waals surface area contributed by atoms with E-state index in [1.165, 1.54) is 5.56 Å². The number of carboxylic acid groups (broad SMARTS) is 1.